The Morgan fingerprint density at radius 2 is 1.43 bits per heavy atom. The van der Waals surface area contributed by atoms with Crippen LogP contribution in [0.15, 0.2) is 31.6 Å². The normalized spacial score (nSPS) is 24.8. The van der Waals surface area contributed by atoms with Crippen LogP contribution < -0.4 is 22.5 Å². The predicted molar refractivity (Wildman–Crippen MR) is 155 cm³/mol. The van der Waals surface area contributed by atoms with Crippen molar-refractivity contribution in [3.05, 3.63) is 65.2 Å². The van der Waals surface area contributed by atoms with Crippen molar-refractivity contribution in [2.75, 3.05) is 19.8 Å². The van der Waals surface area contributed by atoms with Crippen LogP contribution in [-0.2, 0) is 42.1 Å². The van der Waals surface area contributed by atoms with E-state index in [9.17, 15) is 28.8 Å². The minimum absolute atomic E-state index is 0.00478. The van der Waals surface area contributed by atoms with E-state index in [-0.39, 0.29) is 50.2 Å². The van der Waals surface area contributed by atoms with Gasteiger partial charge in [0.15, 0.2) is 0 Å². The highest BCUT2D eigenvalue weighted by atomic mass is 31.2. The Morgan fingerprint density at radius 1 is 0.891 bits per heavy atom. The van der Waals surface area contributed by atoms with E-state index in [2.05, 4.69) is 9.97 Å². The highest BCUT2D eigenvalue weighted by molar-refractivity contribution is 7.41. The van der Waals surface area contributed by atoms with Gasteiger partial charge in [0.05, 0.1) is 25.7 Å². The lowest BCUT2D eigenvalue weighted by molar-refractivity contribution is -0.150. The zero-order valence-electron chi connectivity index (χ0n) is 25.5. The number of carbonyl (C=O) groups is 2. The van der Waals surface area contributed by atoms with Crippen LogP contribution in [0, 0.1) is 25.2 Å². The number of hydrogen-bond acceptors (Lipinski definition) is 14. The van der Waals surface area contributed by atoms with Crippen LogP contribution in [0.2, 0.25) is 0 Å². The fraction of sp³-hybridized carbons (Fsp3) is 0.593. The fourth-order valence-corrected chi connectivity index (χ4v) is 5.95. The molecule has 1 unspecified atom stereocenters. The second kappa shape index (κ2) is 15.5. The number of carbonyl (C=O) groups excluding carboxylic acids is 2. The largest absolute Gasteiger partial charge is 0.463 e. The molecule has 0 bridgehead atoms. The third-order valence-corrected chi connectivity index (χ3v) is 8.21. The van der Waals surface area contributed by atoms with Crippen molar-refractivity contribution >= 4 is 20.5 Å². The summed E-state index contributed by atoms with van der Waals surface area (Å²) in [7, 11) is -2.24. The summed E-state index contributed by atoms with van der Waals surface area (Å²) in [6.45, 7) is 4.95. The summed E-state index contributed by atoms with van der Waals surface area (Å²) in [4.78, 5) is 76.6. The zero-order valence-corrected chi connectivity index (χ0v) is 26.4. The summed E-state index contributed by atoms with van der Waals surface area (Å²) in [6.07, 6.45) is -2.44. The van der Waals surface area contributed by atoms with Crippen molar-refractivity contribution in [3.63, 3.8) is 0 Å². The first-order valence-electron chi connectivity index (χ1n) is 14.2. The molecule has 4 rings (SSSR count). The Kier molecular flexibility index (Phi) is 11.8. The number of aromatic amines is 2. The molecule has 46 heavy (non-hydrogen) atoms. The van der Waals surface area contributed by atoms with Crippen molar-refractivity contribution in [2.45, 2.75) is 83.8 Å². The van der Waals surface area contributed by atoms with Gasteiger partial charge in [-0.2, -0.15) is 5.26 Å². The molecular formula is C27H34N5O13P. The monoisotopic (exact) mass is 667 g/mol. The van der Waals surface area contributed by atoms with Crippen LogP contribution in [0.4, 0.5) is 0 Å². The molecule has 7 atom stereocenters. The quantitative estimate of drug-likeness (QED) is 0.167. The average Bonchev–Trinajstić information content (AvgIpc) is 3.57. The van der Waals surface area contributed by atoms with Gasteiger partial charge in [0.2, 0.25) is 0 Å². The summed E-state index contributed by atoms with van der Waals surface area (Å²) in [5.74, 6) is -1.17. The van der Waals surface area contributed by atoms with Gasteiger partial charge < -0.3 is 32.5 Å². The van der Waals surface area contributed by atoms with Gasteiger partial charge in [0, 0.05) is 50.2 Å². The molecule has 0 radical (unpaired) electrons. The van der Waals surface area contributed by atoms with Gasteiger partial charge in [0.25, 0.3) is 11.1 Å². The third-order valence-electron chi connectivity index (χ3n) is 7.02. The van der Waals surface area contributed by atoms with Crippen molar-refractivity contribution in [3.8, 4) is 6.07 Å². The Morgan fingerprint density at radius 3 is 1.96 bits per heavy atom. The first-order valence-corrected chi connectivity index (χ1v) is 15.3. The molecule has 0 amide bonds. The number of hydrogen-bond donors (Lipinski definition) is 2. The summed E-state index contributed by atoms with van der Waals surface area (Å²) in [6, 6.07) is 1.95. The molecule has 18 nitrogen and oxygen atoms in total. The molecule has 2 N–H and O–H groups in total. The van der Waals surface area contributed by atoms with Crippen molar-refractivity contribution in [1.29, 1.82) is 5.26 Å². The van der Waals surface area contributed by atoms with E-state index in [1.54, 1.807) is 0 Å². The van der Waals surface area contributed by atoms with Crippen molar-refractivity contribution in [1.82, 2.24) is 19.1 Å². The number of aromatic nitrogens is 4. The highest BCUT2D eigenvalue weighted by Gasteiger charge is 2.43. The molecule has 0 aromatic carbocycles. The molecular weight excluding hydrogens is 633 g/mol. The van der Waals surface area contributed by atoms with E-state index >= 15 is 0 Å². The van der Waals surface area contributed by atoms with Crippen molar-refractivity contribution < 1.29 is 42.1 Å². The molecule has 0 aliphatic carbocycles. The number of nitriles is 1. The molecule has 0 spiro atoms. The molecule has 250 valence electrons. The zero-order chi connectivity index (χ0) is 33.5. The van der Waals surface area contributed by atoms with Gasteiger partial charge in [-0.1, -0.05) is 0 Å². The number of H-pyrrole nitrogens is 2. The molecule has 0 saturated carbocycles. The lowest BCUT2D eigenvalue weighted by atomic mass is 10.2. The number of nitrogens with one attached hydrogen (secondary N) is 2. The first kappa shape index (κ1) is 34.9. The van der Waals surface area contributed by atoms with Gasteiger partial charge >= 0.3 is 31.9 Å². The van der Waals surface area contributed by atoms with E-state index < -0.39 is 79.9 Å². The summed E-state index contributed by atoms with van der Waals surface area (Å²) in [5.41, 5.74) is -1.97. The molecule has 2 aliphatic rings. The van der Waals surface area contributed by atoms with E-state index in [4.69, 9.17) is 37.8 Å². The predicted octanol–water partition coefficient (Wildman–Crippen LogP) is 0.332. The van der Waals surface area contributed by atoms with Crippen LogP contribution in [-0.4, -0.2) is 75.3 Å². The number of ether oxygens (including phenoxy) is 4. The molecule has 2 aromatic rings. The second-order valence-corrected chi connectivity index (χ2v) is 11.7. The summed E-state index contributed by atoms with van der Waals surface area (Å²) < 4.78 is 42.7. The van der Waals surface area contributed by atoms with Gasteiger partial charge in [-0.25, -0.2) is 9.59 Å². The van der Waals surface area contributed by atoms with Gasteiger partial charge in [0.1, 0.15) is 43.5 Å². The number of esters is 2. The number of nitrogens with zero attached hydrogens (tertiary/aromatic N) is 3. The molecule has 2 fully saturated rings. The van der Waals surface area contributed by atoms with Crippen LogP contribution in [0.3, 0.4) is 0 Å². The Balaban J connectivity index is 1.52. The standard InChI is InChI=1S/C27H34N5O13P/c1-14-10-31(26(37)29-24(14)35)22-8-18(42-17(4)34)21(44-22)13-41-46(40-7-5-6-28)45-19-9-23(43-20(19)12-39-16(3)33)32-11-15(2)25(36)30-27(32)38/h10-11,18-23H,5,7-9,12-13H2,1-4H3,(H,29,35,37)(H,30,36,38)/t18-,19-,20+,21+,22+,23+,46?/m0/s1. The molecule has 19 heteroatoms. The maximum absolute atomic E-state index is 12.5. The Labute approximate surface area is 262 Å². The van der Waals surface area contributed by atoms with Crippen LogP contribution in [0.5, 0.6) is 0 Å². The van der Waals surface area contributed by atoms with E-state index in [1.807, 2.05) is 6.07 Å². The van der Waals surface area contributed by atoms with Crippen LogP contribution in [0.1, 0.15) is 56.7 Å². The number of rotatable bonds is 13. The lowest BCUT2D eigenvalue weighted by Crippen LogP contribution is -2.33. The van der Waals surface area contributed by atoms with Gasteiger partial charge in [-0.3, -0.25) is 38.3 Å². The third kappa shape index (κ3) is 8.84. The second-order valence-electron chi connectivity index (χ2n) is 10.5. The van der Waals surface area contributed by atoms with Crippen LogP contribution in [0.25, 0.3) is 0 Å². The number of aryl methyl sites for hydroxylation is 2. The maximum atomic E-state index is 12.5. The Bertz CT molecular complexity index is 1690. The topological polar surface area (TPSA) is 232 Å². The minimum atomic E-state index is -2.24. The van der Waals surface area contributed by atoms with Crippen LogP contribution >= 0.6 is 8.60 Å². The highest BCUT2D eigenvalue weighted by Crippen LogP contribution is 2.46. The van der Waals surface area contributed by atoms with E-state index in [1.165, 1.54) is 49.2 Å². The van der Waals surface area contributed by atoms with Gasteiger partial charge in [-0.15, -0.1) is 0 Å². The van der Waals surface area contributed by atoms with E-state index in [0.29, 0.717) is 0 Å². The molecule has 2 aromatic heterocycles. The summed E-state index contributed by atoms with van der Waals surface area (Å²) in [5, 5.41) is 9.02. The SMILES string of the molecule is CC(=O)OC[C@H]1O[C@@H](n2cc(C)c(=O)[nH]c2=O)C[C@@H]1OP(OCCC#N)OC[C@H]1O[C@@H](n2cc(C)c(=O)[nH]c2=O)C[C@@H]1OC(C)=O. The first-order chi connectivity index (χ1) is 21.9. The average molecular weight is 668 g/mol. The van der Waals surface area contributed by atoms with Gasteiger partial charge in [-0.05, 0) is 13.8 Å². The Hall–Kier alpha value is -3.98. The fourth-order valence-electron chi connectivity index (χ4n) is 4.80. The lowest BCUT2D eigenvalue weighted by Gasteiger charge is -2.25. The van der Waals surface area contributed by atoms with E-state index in [0.717, 1.165) is 0 Å². The molecule has 4 heterocycles. The summed E-state index contributed by atoms with van der Waals surface area (Å²) >= 11 is 0. The molecule has 2 saturated heterocycles. The van der Waals surface area contributed by atoms with Crippen molar-refractivity contribution in [2.24, 2.45) is 0 Å². The smallest absolute Gasteiger partial charge is 0.333 e. The maximum Gasteiger partial charge on any atom is 0.333 e. The molecule has 2 aliphatic heterocycles. The minimum Gasteiger partial charge on any atom is -0.463 e.